The molecule has 0 N–H and O–H groups in total. The van der Waals surface area contributed by atoms with Crippen LogP contribution >= 0.6 is 0 Å². The molecule has 1 heterocycles. The highest BCUT2D eigenvalue weighted by atomic mass is 16.5. The van der Waals surface area contributed by atoms with Gasteiger partial charge in [0.2, 0.25) is 0 Å². The largest absolute Gasteiger partial charge is 0.380 e. The van der Waals surface area contributed by atoms with Crippen LogP contribution in [0.4, 0.5) is 0 Å². The standard InChI is InChI=1S/C9H16O2/c1-3-5-10-6-4-9(2)7-11-8-9/h3H,1,4-8H2,2H3. The normalized spacial score (nSPS) is 20.8. The number of hydrogen-bond donors (Lipinski definition) is 0. The van der Waals surface area contributed by atoms with Gasteiger partial charge in [-0.15, -0.1) is 6.58 Å². The van der Waals surface area contributed by atoms with Crippen LogP contribution in [0.5, 0.6) is 0 Å². The average Bonchev–Trinajstić information content (AvgIpc) is 1.95. The van der Waals surface area contributed by atoms with E-state index in [2.05, 4.69) is 13.5 Å². The van der Waals surface area contributed by atoms with E-state index in [1.807, 2.05) is 0 Å². The smallest absolute Gasteiger partial charge is 0.0644 e. The van der Waals surface area contributed by atoms with Gasteiger partial charge in [-0.05, 0) is 6.42 Å². The molecule has 0 bridgehead atoms. The van der Waals surface area contributed by atoms with Crippen molar-refractivity contribution in [2.45, 2.75) is 13.3 Å². The van der Waals surface area contributed by atoms with Crippen molar-refractivity contribution in [2.24, 2.45) is 5.41 Å². The summed E-state index contributed by atoms with van der Waals surface area (Å²) in [5.41, 5.74) is 0.390. The molecule has 0 amide bonds. The molecule has 0 atom stereocenters. The van der Waals surface area contributed by atoms with Gasteiger partial charge in [-0.2, -0.15) is 0 Å². The Morgan fingerprint density at radius 3 is 2.82 bits per heavy atom. The molecule has 0 saturated carbocycles. The molecule has 1 saturated heterocycles. The summed E-state index contributed by atoms with van der Waals surface area (Å²) in [5.74, 6) is 0. The molecule has 0 aromatic heterocycles. The molecule has 0 spiro atoms. The predicted molar refractivity (Wildman–Crippen MR) is 44.6 cm³/mol. The van der Waals surface area contributed by atoms with Gasteiger partial charge in [-0.1, -0.05) is 13.0 Å². The van der Waals surface area contributed by atoms with E-state index in [4.69, 9.17) is 9.47 Å². The van der Waals surface area contributed by atoms with E-state index in [0.29, 0.717) is 12.0 Å². The van der Waals surface area contributed by atoms with Crippen LogP contribution in [0.2, 0.25) is 0 Å². The maximum absolute atomic E-state index is 5.28. The van der Waals surface area contributed by atoms with E-state index in [9.17, 15) is 0 Å². The van der Waals surface area contributed by atoms with Crippen LogP contribution in [0.15, 0.2) is 12.7 Å². The van der Waals surface area contributed by atoms with Crippen LogP contribution in [0.1, 0.15) is 13.3 Å². The monoisotopic (exact) mass is 156 g/mol. The van der Waals surface area contributed by atoms with Crippen molar-refractivity contribution in [2.75, 3.05) is 26.4 Å². The molecular weight excluding hydrogens is 140 g/mol. The van der Waals surface area contributed by atoms with Crippen molar-refractivity contribution in [3.63, 3.8) is 0 Å². The van der Waals surface area contributed by atoms with Crippen LogP contribution in [0.3, 0.4) is 0 Å². The number of ether oxygens (including phenoxy) is 2. The van der Waals surface area contributed by atoms with Crippen molar-refractivity contribution in [3.8, 4) is 0 Å². The highest BCUT2D eigenvalue weighted by Gasteiger charge is 2.32. The van der Waals surface area contributed by atoms with Gasteiger partial charge in [0.1, 0.15) is 0 Å². The summed E-state index contributed by atoms with van der Waals surface area (Å²) >= 11 is 0. The van der Waals surface area contributed by atoms with E-state index in [1.165, 1.54) is 0 Å². The molecule has 0 aromatic rings. The molecule has 64 valence electrons. The Balaban J connectivity index is 1.97. The third kappa shape index (κ3) is 2.64. The first kappa shape index (κ1) is 8.75. The van der Waals surface area contributed by atoms with Gasteiger partial charge in [-0.3, -0.25) is 0 Å². The minimum Gasteiger partial charge on any atom is -0.380 e. The molecule has 1 aliphatic heterocycles. The molecule has 11 heavy (non-hydrogen) atoms. The van der Waals surface area contributed by atoms with Gasteiger partial charge in [0.25, 0.3) is 0 Å². The van der Waals surface area contributed by atoms with Crippen LogP contribution in [0.25, 0.3) is 0 Å². The van der Waals surface area contributed by atoms with Crippen molar-refractivity contribution < 1.29 is 9.47 Å². The van der Waals surface area contributed by atoms with Gasteiger partial charge in [0.15, 0.2) is 0 Å². The highest BCUT2D eigenvalue weighted by molar-refractivity contribution is 4.80. The molecule has 1 aliphatic rings. The Kier molecular flexibility index (Phi) is 3.09. The third-order valence-electron chi connectivity index (χ3n) is 1.99. The first-order chi connectivity index (χ1) is 5.27. The lowest BCUT2D eigenvalue weighted by Crippen LogP contribution is -2.40. The molecule has 2 heteroatoms. The van der Waals surface area contributed by atoms with Gasteiger partial charge < -0.3 is 9.47 Å². The lowest BCUT2D eigenvalue weighted by Gasteiger charge is -2.37. The van der Waals surface area contributed by atoms with E-state index >= 15 is 0 Å². The van der Waals surface area contributed by atoms with Crippen molar-refractivity contribution in [1.29, 1.82) is 0 Å². The van der Waals surface area contributed by atoms with Crippen LogP contribution in [-0.4, -0.2) is 26.4 Å². The zero-order valence-electron chi connectivity index (χ0n) is 7.14. The maximum atomic E-state index is 5.28. The van der Waals surface area contributed by atoms with E-state index in [-0.39, 0.29) is 0 Å². The predicted octanol–water partition coefficient (Wildman–Crippen LogP) is 1.62. The van der Waals surface area contributed by atoms with Crippen molar-refractivity contribution >= 4 is 0 Å². The zero-order valence-corrected chi connectivity index (χ0v) is 7.14. The molecular formula is C9H16O2. The van der Waals surface area contributed by atoms with Crippen molar-refractivity contribution in [1.82, 2.24) is 0 Å². The lowest BCUT2D eigenvalue weighted by molar-refractivity contribution is -0.113. The van der Waals surface area contributed by atoms with Gasteiger partial charge in [0, 0.05) is 12.0 Å². The molecule has 0 aromatic carbocycles. The first-order valence-electron chi connectivity index (χ1n) is 4.03. The second-order valence-electron chi connectivity index (χ2n) is 3.42. The molecule has 2 nitrogen and oxygen atoms in total. The summed E-state index contributed by atoms with van der Waals surface area (Å²) in [6.45, 7) is 9.08. The van der Waals surface area contributed by atoms with E-state index in [0.717, 1.165) is 26.2 Å². The second kappa shape index (κ2) is 3.88. The first-order valence-corrected chi connectivity index (χ1v) is 4.03. The van der Waals surface area contributed by atoms with Gasteiger partial charge in [0.05, 0.1) is 19.8 Å². The minimum atomic E-state index is 0.390. The third-order valence-corrected chi connectivity index (χ3v) is 1.99. The Morgan fingerprint density at radius 1 is 1.64 bits per heavy atom. The Morgan fingerprint density at radius 2 is 2.36 bits per heavy atom. The van der Waals surface area contributed by atoms with Crippen LogP contribution in [0, 0.1) is 5.41 Å². The molecule has 0 radical (unpaired) electrons. The topological polar surface area (TPSA) is 18.5 Å². The SMILES string of the molecule is C=CCOCCC1(C)COC1. The zero-order chi connectivity index (χ0) is 8.16. The summed E-state index contributed by atoms with van der Waals surface area (Å²) in [6.07, 6.45) is 2.88. The number of hydrogen-bond acceptors (Lipinski definition) is 2. The Labute approximate surface area is 68.2 Å². The second-order valence-corrected chi connectivity index (χ2v) is 3.42. The van der Waals surface area contributed by atoms with E-state index < -0.39 is 0 Å². The van der Waals surface area contributed by atoms with Crippen LogP contribution in [-0.2, 0) is 9.47 Å². The molecule has 1 fully saturated rings. The summed E-state index contributed by atoms with van der Waals surface area (Å²) in [6, 6.07) is 0. The number of rotatable bonds is 5. The highest BCUT2D eigenvalue weighted by Crippen LogP contribution is 2.30. The summed E-state index contributed by atoms with van der Waals surface area (Å²) in [5, 5.41) is 0. The molecule has 0 aliphatic carbocycles. The van der Waals surface area contributed by atoms with Crippen molar-refractivity contribution in [3.05, 3.63) is 12.7 Å². The fourth-order valence-corrected chi connectivity index (χ4v) is 1.08. The van der Waals surface area contributed by atoms with Gasteiger partial charge >= 0.3 is 0 Å². The fourth-order valence-electron chi connectivity index (χ4n) is 1.08. The summed E-state index contributed by atoms with van der Waals surface area (Å²) in [4.78, 5) is 0. The Bertz CT molecular complexity index is 128. The molecule has 0 unspecified atom stereocenters. The lowest BCUT2D eigenvalue weighted by atomic mass is 9.85. The van der Waals surface area contributed by atoms with E-state index in [1.54, 1.807) is 6.08 Å². The fraction of sp³-hybridized carbons (Fsp3) is 0.778. The Hall–Kier alpha value is -0.340. The molecule has 1 rings (SSSR count). The van der Waals surface area contributed by atoms with Gasteiger partial charge in [-0.25, -0.2) is 0 Å². The summed E-state index contributed by atoms with van der Waals surface area (Å²) < 4.78 is 10.4. The summed E-state index contributed by atoms with van der Waals surface area (Å²) in [7, 11) is 0. The maximum Gasteiger partial charge on any atom is 0.0644 e. The minimum absolute atomic E-state index is 0.390. The average molecular weight is 156 g/mol. The quantitative estimate of drug-likeness (QED) is 0.445. The van der Waals surface area contributed by atoms with Crippen LogP contribution < -0.4 is 0 Å².